The maximum absolute atomic E-state index is 13.8. The van der Waals surface area contributed by atoms with Crippen molar-refractivity contribution >= 4 is 9.84 Å². The van der Waals surface area contributed by atoms with Crippen molar-refractivity contribution in [2.24, 2.45) is 5.92 Å². The van der Waals surface area contributed by atoms with Crippen molar-refractivity contribution in [3.8, 4) is 0 Å². The van der Waals surface area contributed by atoms with Crippen LogP contribution in [0.2, 0.25) is 0 Å². The molecule has 2 unspecified atom stereocenters. The highest BCUT2D eigenvalue weighted by molar-refractivity contribution is 7.91. The number of halogens is 1. The van der Waals surface area contributed by atoms with Gasteiger partial charge in [-0.1, -0.05) is 13.8 Å². The SMILES string of the molecule is CCC1(F)CS(=O)(=O)CCC1C. The average molecular weight is 194 g/mol. The summed E-state index contributed by atoms with van der Waals surface area (Å²) < 4.78 is 36.1. The van der Waals surface area contributed by atoms with Gasteiger partial charge in [-0.2, -0.15) is 0 Å². The van der Waals surface area contributed by atoms with Crippen molar-refractivity contribution in [2.45, 2.75) is 32.4 Å². The van der Waals surface area contributed by atoms with Gasteiger partial charge >= 0.3 is 0 Å². The summed E-state index contributed by atoms with van der Waals surface area (Å²) in [5.41, 5.74) is -1.48. The summed E-state index contributed by atoms with van der Waals surface area (Å²) in [6, 6.07) is 0. The highest BCUT2D eigenvalue weighted by Crippen LogP contribution is 2.34. The number of hydrogen-bond donors (Lipinski definition) is 0. The summed E-state index contributed by atoms with van der Waals surface area (Å²) in [7, 11) is -3.11. The van der Waals surface area contributed by atoms with Crippen molar-refractivity contribution in [2.75, 3.05) is 11.5 Å². The van der Waals surface area contributed by atoms with Gasteiger partial charge in [0.1, 0.15) is 5.67 Å². The highest BCUT2D eigenvalue weighted by atomic mass is 32.2. The lowest BCUT2D eigenvalue weighted by atomic mass is 9.88. The van der Waals surface area contributed by atoms with E-state index < -0.39 is 15.5 Å². The van der Waals surface area contributed by atoms with E-state index in [2.05, 4.69) is 0 Å². The Hall–Kier alpha value is -0.120. The van der Waals surface area contributed by atoms with Crippen LogP contribution >= 0.6 is 0 Å². The molecule has 1 rings (SSSR count). The van der Waals surface area contributed by atoms with Gasteiger partial charge in [0.25, 0.3) is 0 Å². The Morgan fingerprint density at radius 2 is 2.17 bits per heavy atom. The molecule has 1 aliphatic heterocycles. The summed E-state index contributed by atoms with van der Waals surface area (Å²) in [5.74, 6) is -0.247. The zero-order valence-electron chi connectivity index (χ0n) is 7.51. The Morgan fingerprint density at radius 3 is 2.58 bits per heavy atom. The van der Waals surface area contributed by atoms with Crippen molar-refractivity contribution < 1.29 is 12.8 Å². The molecule has 2 nitrogen and oxygen atoms in total. The topological polar surface area (TPSA) is 34.1 Å². The molecule has 1 fully saturated rings. The third-order valence-electron chi connectivity index (χ3n) is 2.79. The Balaban J connectivity index is 2.86. The van der Waals surface area contributed by atoms with E-state index in [-0.39, 0.29) is 17.4 Å². The van der Waals surface area contributed by atoms with Gasteiger partial charge in [0.05, 0.1) is 11.5 Å². The Kier molecular flexibility index (Phi) is 2.47. The predicted octanol–water partition coefficient (Wildman–Crippen LogP) is 1.56. The van der Waals surface area contributed by atoms with Crippen LogP contribution in [0.15, 0.2) is 0 Å². The van der Waals surface area contributed by atoms with E-state index in [0.717, 1.165) is 0 Å². The summed E-state index contributed by atoms with van der Waals surface area (Å²) in [5, 5.41) is 0. The van der Waals surface area contributed by atoms with Crippen LogP contribution in [0.1, 0.15) is 26.7 Å². The average Bonchev–Trinajstić information content (AvgIpc) is 1.97. The van der Waals surface area contributed by atoms with Gasteiger partial charge in [0.2, 0.25) is 0 Å². The molecule has 1 saturated heterocycles. The van der Waals surface area contributed by atoms with Crippen LogP contribution in [0, 0.1) is 5.92 Å². The zero-order valence-corrected chi connectivity index (χ0v) is 8.32. The third-order valence-corrected chi connectivity index (χ3v) is 4.57. The van der Waals surface area contributed by atoms with E-state index >= 15 is 0 Å². The van der Waals surface area contributed by atoms with Crippen LogP contribution < -0.4 is 0 Å². The van der Waals surface area contributed by atoms with E-state index in [1.165, 1.54) is 0 Å². The zero-order chi connectivity index (χ0) is 9.41. The van der Waals surface area contributed by atoms with Gasteiger partial charge in [-0.3, -0.25) is 0 Å². The van der Waals surface area contributed by atoms with Gasteiger partial charge in [-0.15, -0.1) is 0 Å². The summed E-state index contributed by atoms with van der Waals surface area (Å²) in [6.07, 6.45) is 0.764. The molecular weight excluding hydrogens is 179 g/mol. The molecule has 4 heteroatoms. The van der Waals surface area contributed by atoms with E-state index in [0.29, 0.717) is 12.8 Å². The van der Waals surface area contributed by atoms with Crippen LogP contribution in [-0.4, -0.2) is 25.6 Å². The summed E-state index contributed by atoms with van der Waals surface area (Å²) >= 11 is 0. The normalized spacial score (nSPS) is 41.1. The molecule has 0 aromatic rings. The second kappa shape index (κ2) is 2.98. The largest absolute Gasteiger partial charge is 0.242 e. The molecule has 0 spiro atoms. The molecule has 0 N–H and O–H groups in total. The second-order valence-corrected chi connectivity index (χ2v) is 5.85. The van der Waals surface area contributed by atoms with Crippen molar-refractivity contribution in [1.82, 2.24) is 0 Å². The number of hydrogen-bond acceptors (Lipinski definition) is 2. The molecule has 0 radical (unpaired) electrons. The first-order valence-electron chi connectivity index (χ1n) is 4.29. The van der Waals surface area contributed by atoms with E-state index in [9.17, 15) is 12.8 Å². The van der Waals surface area contributed by atoms with Gasteiger partial charge < -0.3 is 0 Å². The van der Waals surface area contributed by atoms with E-state index in [1.807, 2.05) is 0 Å². The van der Waals surface area contributed by atoms with Gasteiger partial charge in [-0.05, 0) is 18.8 Å². The fraction of sp³-hybridized carbons (Fsp3) is 1.00. The molecule has 0 aromatic heterocycles. The number of rotatable bonds is 1. The molecule has 0 aromatic carbocycles. The standard InChI is InChI=1S/C8H15FO2S/c1-3-8(9)6-12(10,11)5-4-7(8)2/h7H,3-6H2,1-2H3. The van der Waals surface area contributed by atoms with Crippen LogP contribution in [0.4, 0.5) is 4.39 Å². The first-order chi connectivity index (χ1) is 5.40. The lowest BCUT2D eigenvalue weighted by molar-refractivity contribution is 0.103. The molecule has 0 bridgehead atoms. The predicted molar refractivity (Wildman–Crippen MR) is 46.6 cm³/mol. The minimum Gasteiger partial charge on any atom is -0.242 e. The highest BCUT2D eigenvalue weighted by Gasteiger charge is 2.43. The Labute approximate surface area is 73.1 Å². The van der Waals surface area contributed by atoms with E-state index in [4.69, 9.17) is 0 Å². The number of sulfone groups is 1. The quantitative estimate of drug-likeness (QED) is 0.635. The number of alkyl halides is 1. The molecular formula is C8H15FO2S. The molecule has 0 saturated carbocycles. The molecule has 2 atom stereocenters. The van der Waals surface area contributed by atoms with Gasteiger partial charge in [0.15, 0.2) is 9.84 Å². The minimum absolute atomic E-state index is 0.119. The fourth-order valence-electron chi connectivity index (χ4n) is 1.65. The molecule has 1 aliphatic rings. The van der Waals surface area contributed by atoms with Crippen LogP contribution in [0.5, 0.6) is 0 Å². The molecule has 0 aliphatic carbocycles. The molecule has 1 heterocycles. The minimum atomic E-state index is -3.11. The molecule has 72 valence electrons. The lowest BCUT2D eigenvalue weighted by Crippen LogP contribution is -2.44. The van der Waals surface area contributed by atoms with Gasteiger partial charge in [-0.25, -0.2) is 12.8 Å². The smallest absolute Gasteiger partial charge is 0.153 e. The maximum Gasteiger partial charge on any atom is 0.153 e. The third kappa shape index (κ3) is 1.79. The first kappa shape index (κ1) is 9.96. The Bertz CT molecular complexity index is 260. The Morgan fingerprint density at radius 1 is 1.58 bits per heavy atom. The lowest BCUT2D eigenvalue weighted by Gasteiger charge is -2.34. The van der Waals surface area contributed by atoms with Crippen LogP contribution in [0.25, 0.3) is 0 Å². The van der Waals surface area contributed by atoms with Crippen LogP contribution in [-0.2, 0) is 9.84 Å². The summed E-state index contributed by atoms with van der Waals surface area (Å²) in [6.45, 7) is 3.50. The maximum atomic E-state index is 13.8. The monoisotopic (exact) mass is 194 g/mol. The van der Waals surface area contributed by atoms with Crippen LogP contribution in [0.3, 0.4) is 0 Å². The fourth-order valence-corrected chi connectivity index (χ4v) is 3.72. The van der Waals surface area contributed by atoms with Crippen molar-refractivity contribution in [3.05, 3.63) is 0 Å². The van der Waals surface area contributed by atoms with E-state index in [1.54, 1.807) is 13.8 Å². The first-order valence-corrected chi connectivity index (χ1v) is 6.11. The molecule has 12 heavy (non-hydrogen) atoms. The van der Waals surface area contributed by atoms with Crippen molar-refractivity contribution in [1.29, 1.82) is 0 Å². The van der Waals surface area contributed by atoms with Gasteiger partial charge in [0, 0.05) is 0 Å². The van der Waals surface area contributed by atoms with Crippen molar-refractivity contribution in [3.63, 3.8) is 0 Å². The summed E-state index contributed by atoms with van der Waals surface area (Å²) in [4.78, 5) is 0. The molecule has 0 amide bonds. The second-order valence-electron chi connectivity index (χ2n) is 3.67.